The zero-order valence-electron chi connectivity index (χ0n) is 8.79. The molecule has 0 atom stereocenters. The van der Waals surface area contributed by atoms with Crippen molar-refractivity contribution in [2.24, 2.45) is 0 Å². The van der Waals surface area contributed by atoms with E-state index >= 15 is 0 Å². The van der Waals surface area contributed by atoms with Crippen molar-refractivity contribution in [1.82, 2.24) is 0 Å². The van der Waals surface area contributed by atoms with E-state index in [2.05, 4.69) is 0 Å². The van der Waals surface area contributed by atoms with Gasteiger partial charge in [0.05, 0.1) is 5.88 Å². The first kappa shape index (κ1) is 11.9. The van der Waals surface area contributed by atoms with Gasteiger partial charge in [0.15, 0.2) is 0 Å². The SMILES string of the molecule is Fc1ccc(Oc2cccc(F)c2CCl)cc1. The van der Waals surface area contributed by atoms with Crippen LogP contribution in [-0.4, -0.2) is 0 Å². The van der Waals surface area contributed by atoms with E-state index in [4.69, 9.17) is 16.3 Å². The Hall–Kier alpha value is -1.61. The van der Waals surface area contributed by atoms with Crippen molar-refractivity contribution in [3.8, 4) is 11.5 Å². The summed E-state index contributed by atoms with van der Waals surface area (Å²) in [4.78, 5) is 0. The first-order chi connectivity index (χ1) is 8.20. The van der Waals surface area contributed by atoms with Crippen LogP contribution in [0.25, 0.3) is 0 Å². The molecule has 0 spiro atoms. The van der Waals surface area contributed by atoms with Gasteiger partial charge in [-0.05, 0) is 36.4 Å². The summed E-state index contributed by atoms with van der Waals surface area (Å²) in [5, 5.41) is 0. The van der Waals surface area contributed by atoms with Crippen LogP contribution in [0.4, 0.5) is 8.78 Å². The maximum Gasteiger partial charge on any atom is 0.134 e. The molecule has 1 nitrogen and oxygen atoms in total. The van der Waals surface area contributed by atoms with Gasteiger partial charge in [-0.1, -0.05) is 6.07 Å². The number of alkyl halides is 1. The lowest BCUT2D eigenvalue weighted by atomic mass is 10.2. The number of halogens is 3. The molecule has 0 heterocycles. The number of hydrogen-bond acceptors (Lipinski definition) is 1. The van der Waals surface area contributed by atoms with Crippen molar-refractivity contribution in [1.29, 1.82) is 0 Å². The molecular formula is C13H9ClF2O. The van der Waals surface area contributed by atoms with E-state index < -0.39 is 5.82 Å². The van der Waals surface area contributed by atoms with Gasteiger partial charge in [-0.2, -0.15) is 0 Å². The Morgan fingerprint density at radius 1 is 1.00 bits per heavy atom. The van der Waals surface area contributed by atoms with Crippen molar-refractivity contribution in [3.63, 3.8) is 0 Å². The number of ether oxygens (including phenoxy) is 1. The van der Waals surface area contributed by atoms with Crippen LogP contribution in [0, 0.1) is 11.6 Å². The van der Waals surface area contributed by atoms with Crippen LogP contribution in [0.3, 0.4) is 0 Å². The van der Waals surface area contributed by atoms with E-state index in [1.54, 1.807) is 6.07 Å². The molecule has 0 aromatic heterocycles. The lowest BCUT2D eigenvalue weighted by Crippen LogP contribution is -1.93. The van der Waals surface area contributed by atoms with Crippen molar-refractivity contribution in [2.45, 2.75) is 5.88 Å². The first-order valence-electron chi connectivity index (χ1n) is 4.97. The number of benzene rings is 2. The first-order valence-corrected chi connectivity index (χ1v) is 5.51. The zero-order chi connectivity index (χ0) is 12.3. The molecule has 0 aliphatic rings. The van der Waals surface area contributed by atoms with E-state index in [0.29, 0.717) is 17.1 Å². The summed E-state index contributed by atoms with van der Waals surface area (Å²) in [7, 11) is 0. The monoisotopic (exact) mass is 254 g/mol. The van der Waals surface area contributed by atoms with Crippen LogP contribution >= 0.6 is 11.6 Å². The lowest BCUT2D eigenvalue weighted by Gasteiger charge is -2.09. The molecule has 2 rings (SSSR count). The van der Waals surface area contributed by atoms with Crippen LogP contribution in [0.15, 0.2) is 42.5 Å². The van der Waals surface area contributed by atoms with Crippen molar-refractivity contribution in [2.75, 3.05) is 0 Å². The Morgan fingerprint density at radius 2 is 1.71 bits per heavy atom. The second kappa shape index (κ2) is 5.15. The summed E-state index contributed by atoms with van der Waals surface area (Å²) in [6.45, 7) is 0. The van der Waals surface area contributed by atoms with Gasteiger partial charge in [-0.25, -0.2) is 8.78 Å². The summed E-state index contributed by atoms with van der Waals surface area (Å²) in [5.74, 6) is 0.0205. The topological polar surface area (TPSA) is 9.23 Å². The Balaban J connectivity index is 2.29. The highest BCUT2D eigenvalue weighted by Gasteiger charge is 2.09. The van der Waals surface area contributed by atoms with Crippen LogP contribution in [0.5, 0.6) is 11.5 Å². The van der Waals surface area contributed by atoms with Crippen molar-refractivity contribution < 1.29 is 13.5 Å². The Labute approximate surface area is 103 Å². The van der Waals surface area contributed by atoms with Gasteiger partial charge in [-0.3, -0.25) is 0 Å². The molecule has 4 heteroatoms. The fraction of sp³-hybridized carbons (Fsp3) is 0.0769. The predicted molar refractivity (Wildman–Crippen MR) is 62.4 cm³/mol. The zero-order valence-corrected chi connectivity index (χ0v) is 9.55. The molecule has 2 aromatic carbocycles. The molecule has 0 saturated carbocycles. The summed E-state index contributed by atoms with van der Waals surface area (Å²) >= 11 is 5.65. The van der Waals surface area contributed by atoms with Gasteiger partial charge in [0.1, 0.15) is 23.1 Å². The minimum atomic E-state index is -0.417. The minimum Gasteiger partial charge on any atom is -0.457 e. The molecule has 2 aromatic rings. The quantitative estimate of drug-likeness (QED) is 0.733. The van der Waals surface area contributed by atoms with Gasteiger partial charge in [0.2, 0.25) is 0 Å². The molecule has 0 amide bonds. The Kier molecular flexibility index (Phi) is 3.59. The molecule has 17 heavy (non-hydrogen) atoms. The average molecular weight is 255 g/mol. The van der Waals surface area contributed by atoms with Crippen LogP contribution in [0.1, 0.15) is 5.56 Å². The maximum absolute atomic E-state index is 13.4. The smallest absolute Gasteiger partial charge is 0.134 e. The largest absolute Gasteiger partial charge is 0.457 e. The Morgan fingerprint density at radius 3 is 2.35 bits per heavy atom. The second-order valence-electron chi connectivity index (χ2n) is 3.41. The van der Waals surface area contributed by atoms with Gasteiger partial charge >= 0.3 is 0 Å². The second-order valence-corrected chi connectivity index (χ2v) is 3.67. The van der Waals surface area contributed by atoms with Crippen LogP contribution in [0.2, 0.25) is 0 Å². The van der Waals surface area contributed by atoms with E-state index in [0.717, 1.165) is 0 Å². The third-order valence-electron chi connectivity index (χ3n) is 2.25. The molecule has 0 aliphatic heterocycles. The van der Waals surface area contributed by atoms with E-state index in [1.807, 2.05) is 0 Å². The molecule has 0 bridgehead atoms. The average Bonchev–Trinajstić information content (AvgIpc) is 2.32. The van der Waals surface area contributed by atoms with E-state index in [9.17, 15) is 8.78 Å². The molecule has 0 saturated heterocycles. The van der Waals surface area contributed by atoms with Gasteiger partial charge in [-0.15, -0.1) is 11.6 Å². The molecule has 88 valence electrons. The van der Waals surface area contributed by atoms with E-state index in [-0.39, 0.29) is 11.7 Å². The highest BCUT2D eigenvalue weighted by Crippen LogP contribution is 2.28. The van der Waals surface area contributed by atoms with Crippen molar-refractivity contribution >= 4 is 11.6 Å². The lowest BCUT2D eigenvalue weighted by molar-refractivity contribution is 0.468. The normalized spacial score (nSPS) is 10.3. The maximum atomic E-state index is 13.4. The summed E-state index contributed by atoms with van der Waals surface area (Å²) in [5.41, 5.74) is 0.290. The molecule has 0 N–H and O–H groups in total. The predicted octanol–water partition coefficient (Wildman–Crippen LogP) is 4.50. The molecular weight excluding hydrogens is 246 g/mol. The van der Waals surface area contributed by atoms with Gasteiger partial charge < -0.3 is 4.74 Å². The molecule has 0 unspecified atom stereocenters. The highest BCUT2D eigenvalue weighted by atomic mass is 35.5. The summed E-state index contributed by atoms with van der Waals surface area (Å²) in [6, 6.07) is 9.95. The number of hydrogen-bond donors (Lipinski definition) is 0. The highest BCUT2D eigenvalue weighted by molar-refractivity contribution is 6.17. The van der Waals surface area contributed by atoms with Crippen LogP contribution in [-0.2, 0) is 5.88 Å². The van der Waals surface area contributed by atoms with Gasteiger partial charge in [0, 0.05) is 5.56 Å². The fourth-order valence-electron chi connectivity index (χ4n) is 1.39. The fourth-order valence-corrected chi connectivity index (χ4v) is 1.65. The molecule has 0 aliphatic carbocycles. The summed E-state index contributed by atoms with van der Waals surface area (Å²) < 4.78 is 31.5. The van der Waals surface area contributed by atoms with Crippen LogP contribution < -0.4 is 4.74 Å². The molecule has 0 fully saturated rings. The minimum absolute atomic E-state index is 0.0171. The molecule has 0 radical (unpaired) electrons. The van der Waals surface area contributed by atoms with E-state index in [1.165, 1.54) is 36.4 Å². The summed E-state index contributed by atoms with van der Waals surface area (Å²) in [6.07, 6.45) is 0. The third-order valence-corrected chi connectivity index (χ3v) is 2.52. The standard InChI is InChI=1S/C13H9ClF2O/c14-8-11-12(16)2-1-3-13(11)17-10-6-4-9(15)5-7-10/h1-7H,8H2. The Bertz CT molecular complexity index is 511. The van der Waals surface area contributed by atoms with Gasteiger partial charge in [0.25, 0.3) is 0 Å². The number of rotatable bonds is 3. The van der Waals surface area contributed by atoms with Crippen molar-refractivity contribution in [3.05, 3.63) is 59.7 Å². The third kappa shape index (κ3) is 2.74.